The number of rotatable bonds is 11. The number of nitrogens with one attached hydrogen (secondary N) is 1. The Labute approximate surface area is 278 Å². The van der Waals surface area contributed by atoms with Gasteiger partial charge in [-0.3, -0.25) is 19.1 Å². The molecule has 254 valence electrons. The number of esters is 1. The van der Waals surface area contributed by atoms with Crippen LogP contribution < -0.4 is 5.32 Å². The molecule has 0 saturated heterocycles. The SMILES string of the molecule is CCO[C@H]1CC[C@H](n2cc(NC(=O)c3csc(-c4cnn(COC(=O)C5CCCCC5C(=O)O)c4)n3)c(-c3nc(F)ccc3F)n2)CC1. The fourth-order valence-corrected chi connectivity index (χ4v) is 7.10. The predicted molar refractivity (Wildman–Crippen MR) is 169 cm³/mol. The van der Waals surface area contributed by atoms with E-state index in [1.807, 2.05) is 6.92 Å². The molecule has 0 spiro atoms. The summed E-state index contributed by atoms with van der Waals surface area (Å²) in [7, 11) is 0. The zero-order valence-electron chi connectivity index (χ0n) is 26.2. The van der Waals surface area contributed by atoms with Gasteiger partial charge in [0, 0.05) is 29.9 Å². The zero-order valence-corrected chi connectivity index (χ0v) is 27.0. The van der Waals surface area contributed by atoms with Crippen molar-refractivity contribution in [3.05, 3.63) is 53.6 Å². The Balaban J connectivity index is 1.14. The molecule has 13 nitrogen and oxygen atoms in total. The molecule has 2 fully saturated rings. The molecular formula is C32H35F2N7O6S. The molecule has 48 heavy (non-hydrogen) atoms. The molecule has 2 saturated carbocycles. The van der Waals surface area contributed by atoms with Crippen LogP contribution in [0.5, 0.6) is 0 Å². The lowest BCUT2D eigenvalue weighted by Crippen LogP contribution is -2.34. The number of pyridine rings is 1. The molecule has 0 bridgehead atoms. The minimum absolute atomic E-state index is 0.00135. The molecule has 0 aliphatic heterocycles. The van der Waals surface area contributed by atoms with E-state index < -0.39 is 41.4 Å². The van der Waals surface area contributed by atoms with Gasteiger partial charge in [-0.15, -0.1) is 11.3 Å². The zero-order chi connectivity index (χ0) is 33.8. The number of halogens is 2. The molecule has 0 radical (unpaired) electrons. The van der Waals surface area contributed by atoms with Gasteiger partial charge in [0.1, 0.15) is 22.1 Å². The normalized spacial score (nSPS) is 21.1. The van der Waals surface area contributed by atoms with Crippen molar-refractivity contribution in [3.63, 3.8) is 0 Å². The van der Waals surface area contributed by atoms with Crippen LogP contribution in [0, 0.1) is 23.6 Å². The van der Waals surface area contributed by atoms with Crippen molar-refractivity contribution in [3.8, 4) is 22.0 Å². The standard InChI is InChI=1S/C32H35F2N7O6S/c1-2-46-20-9-7-19(8-10-20)41-15-24(28(39-41)27-23(33)11-12-26(34)38-27)36-29(42)25-16-48-30(37-25)18-13-35-40(14-18)17-47-32(45)22-6-4-3-5-21(22)31(43)44/h11-16,19-22H,2-10,17H2,1H3,(H,36,42)(H,43,44)/t19-,20-,21?,22?. The van der Waals surface area contributed by atoms with Crippen LogP contribution in [0.4, 0.5) is 14.5 Å². The fourth-order valence-electron chi connectivity index (χ4n) is 6.33. The Hall–Kier alpha value is -4.57. The van der Waals surface area contributed by atoms with Gasteiger partial charge >= 0.3 is 11.9 Å². The molecule has 2 unspecified atom stereocenters. The van der Waals surface area contributed by atoms with Crippen LogP contribution in [0.15, 0.2) is 36.1 Å². The highest BCUT2D eigenvalue weighted by atomic mass is 32.1. The molecule has 0 aromatic carbocycles. The van der Waals surface area contributed by atoms with E-state index in [9.17, 15) is 28.3 Å². The van der Waals surface area contributed by atoms with Gasteiger partial charge in [0.15, 0.2) is 12.5 Å². The molecule has 4 aromatic heterocycles. The number of nitrogens with zero attached hydrogens (tertiary/aromatic N) is 6. The van der Waals surface area contributed by atoms with Crippen LogP contribution in [-0.2, 0) is 25.8 Å². The third-order valence-electron chi connectivity index (χ3n) is 8.78. The second-order valence-corrected chi connectivity index (χ2v) is 12.8. The Morgan fingerprint density at radius 3 is 2.54 bits per heavy atom. The number of amides is 1. The lowest BCUT2D eigenvalue weighted by Gasteiger charge is -2.28. The van der Waals surface area contributed by atoms with Gasteiger partial charge in [0.05, 0.1) is 35.9 Å². The number of carboxylic acids is 1. The van der Waals surface area contributed by atoms with Gasteiger partial charge in [0.2, 0.25) is 5.95 Å². The molecule has 16 heteroatoms. The maximum atomic E-state index is 14.8. The van der Waals surface area contributed by atoms with E-state index in [0.717, 1.165) is 50.7 Å². The van der Waals surface area contributed by atoms with Crippen molar-refractivity contribution in [1.82, 2.24) is 29.5 Å². The number of carboxylic acid groups (broad SMARTS) is 1. The first-order valence-corrected chi connectivity index (χ1v) is 16.8. The van der Waals surface area contributed by atoms with E-state index in [1.165, 1.54) is 22.2 Å². The monoisotopic (exact) mass is 683 g/mol. The number of ether oxygens (including phenoxy) is 2. The lowest BCUT2D eigenvalue weighted by molar-refractivity contribution is -0.162. The Morgan fingerprint density at radius 2 is 1.79 bits per heavy atom. The van der Waals surface area contributed by atoms with Crippen molar-refractivity contribution in [2.24, 2.45) is 11.8 Å². The van der Waals surface area contributed by atoms with Crippen LogP contribution in [0.25, 0.3) is 22.0 Å². The minimum Gasteiger partial charge on any atom is -0.481 e. The van der Waals surface area contributed by atoms with Crippen molar-refractivity contribution >= 4 is 34.9 Å². The van der Waals surface area contributed by atoms with E-state index in [1.54, 1.807) is 22.5 Å². The summed E-state index contributed by atoms with van der Waals surface area (Å²) in [6, 6.07) is 1.86. The molecule has 2 aliphatic rings. The second-order valence-electron chi connectivity index (χ2n) is 11.9. The molecule has 2 N–H and O–H groups in total. The summed E-state index contributed by atoms with van der Waals surface area (Å²) in [5.41, 5.74) is 0.493. The highest BCUT2D eigenvalue weighted by Gasteiger charge is 2.37. The number of aliphatic carboxylic acids is 1. The van der Waals surface area contributed by atoms with Gasteiger partial charge in [-0.1, -0.05) is 12.8 Å². The van der Waals surface area contributed by atoms with E-state index in [-0.39, 0.29) is 41.6 Å². The molecule has 2 aliphatic carbocycles. The fraction of sp³-hybridized carbons (Fsp3) is 0.469. The Bertz CT molecular complexity index is 1780. The molecule has 6 rings (SSSR count). The number of anilines is 1. The summed E-state index contributed by atoms with van der Waals surface area (Å²) in [5.74, 6) is -5.26. The first-order valence-electron chi connectivity index (χ1n) is 15.9. The third kappa shape index (κ3) is 7.44. The first kappa shape index (κ1) is 33.3. The van der Waals surface area contributed by atoms with E-state index in [4.69, 9.17) is 9.47 Å². The van der Waals surface area contributed by atoms with Gasteiger partial charge < -0.3 is 19.9 Å². The van der Waals surface area contributed by atoms with Crippen LogP contribution in [0.1, 0.15) is 74.8 Å². The van der Waals surface area contributed by atoms with E-state index in [0.29, 0.717) is 30.0 Å². The Morgan fingerprint density at radius 1 is 1.02 bits per heavy atom. The number of hydrogen-bond acceptors (Lipinski definition) is 10. The van der Waals surface area contributed by atoms with Gasteiger partial charge in [0.25, 0.3) is 5.91 Å². The smallest absolute Gasteiger partial charge is 0.311 e. The van der Waals surface area contributed by atoms with E-state index in [2.05, 4.69) is 25.5 Å². The van der Waals surface area contributed by atoms with Crippen LogP contribution in [-0.4, -0.2) is 65.2 Å². The topological polar surface area (TPSA) is 163 Å². The second kappa shape index (κ2) is 14.7. The summed E-state index contributed by atoms with van der Waals surface area (Å²) < 4.78 is 43.1. The minimum atomic E-state index is -0.996. The highest BCUT2D eigenvalue weighted by Crippen LogP contribution is 2.35. The summed E-state index contributed by atoms with van der Waals surface area (Å²) >= 11 is 1.19. The first-order chi connectivity index (χ1) is 23.2. The molecule has 4 heterocycles. The maximum Gasteiger partial charge on any atom is 0.311 e. The number of aromatic nitrogens is 6. The molecule has 1 amide bonds. The number of hydrogen-bond donors (Lipinski definition) is 2. The van der Waals surface area contributed by atoms with Crippen molar-refractivity contribution in [1.29, 1.82) is 0 Å². The summed E-state index contributed by atoms with van der Waals surface area (Å²) in [4.78, 5) is 45.7. The van der Waals surface area contributed by atoms with Crippen molar-refractivity contribution < 1.29 is 37.7 Å². The predicted octanol–water partition coefficient (Wildman–Crippen LogP) is 5.71. The molecule has 4 aromatic rings. The molecular weight excluding hydrogens is 648 g/mol. The number of thiazole rings is 1. The number of carbonyl (C=O) groups is 3. The molecule has 2 atom stereocenters. The lowest BCUT2D eigenvalue weighted by atomic mass is 9.79. The third-order valence-corrected chi connectivity index (χ3v) is 9.67. The van der Waals surface area contributed by atoms with Crippen LogP contribution in [0.2, 0.25) is 0 Å². The summed E-state index contributed by atoms with van der Waals surface area (Å²) in [6.45, 7) is 2.39. The quantitative estimate of drug-likeness (QED) is 0.148. The van der Waals surface area contributed by atoms with Crippen molar-refractivity contribution in [2.75, 3.05) is 11.9 Å². The number of carbonyl (C=O) groups excluding carboxylic acids is 2. The van der Waals surface area contributed by atoms with E-state index >= 15 is 0 Å². The van der Waals surface area contributed by atoms with Crippen molar-refractivity contribution in [2.45, 2.75) is 77.2 Å². The largest absolute Gasteiger partial charge is 0.481 e. The average molecular weight is 684 g/mol. The average Bonchev–Trinajstić information content (AvgIpc) is 3.86. The van der Waals surface area contributed by atoms with Gasteiger partial charge in [-0.2, -0.15) is 14.6 Å². The van der Waals surface area contributed by atoms with Gasteiger partial charge in [-0.25, -0.2) is 19.0 Å². The summed E-state index contributed by atoms with van der Waals surface area (Å²) in [6.07, 6.45) is 10.5. The van der Waals surface area contributed by atoms with Crippen LogP contribution in [0.3, 0.4) is 0 Å². The summed E-state index contributed by atoms with van der Waals surface area (Å²) in [5, 5.41) is 23.0. The van der Waals surface area contributed by atoms with Crippen LogP contribution >= 0.6 is 11.3 Å². The van der Waals surface area contributed by atoms with Gasteiger partial charge in [-0.05, 0) is 57.6 Å². The highest BCUT2D eigenvalue weighted by molar-refractivity contribution is 7.13. The Kier molecular flexibility index (Phi) is 10.2. The maximum absolute atomic E-state index is 14.8.